The fourth-order valence-electron chi connectivity index (χ4n) is 1.04. The van der Waals surface area contributed by atoms with Gasteiger partial charge in [-0.3, -0.25) is 4.79 Å². The van der Waals surface area contributed by atoms with Crippen LogP contribution >= 0.6 is 0 Å². The van der Waals surface area contributed by atoms with Crippen molar-refractivity contribution >= 4 is 5.91 Å². The minimum atomic E-state index is -0.713. The maximum Gasteiger partial charge on any atom is 0.225 e. The van der Waals surface area contributed by atoms with Crippen LogP contribution < -0.4 is 5.32 Å². The normalized spacial score (nSPS) is 13.6. The summed E-state index contributed by atoms with van der Waals surface area (Å²) in [6.45, 7) is 5.68. The minimum Gasteiger partial charge on any atom is -0.472 e. The van der Waals surface area contributed by atoms with Crippen LogP contribution in [-0.2, 0) is 4.79 Å². The summed E-state index contributed by atoms with van der Waals surface area (Å²) in [5.41, 5.74) is 0.236. The summed E-state index contributed by atoms with van der Waals surface area (Å²) in [5.74, 6) is -0.0787. The van der Waals surface area contributed by atoms with Crippen molar-refractivity contribution in [2.24, 2.45) is 5.41 Å². The maximum absolute atomic E-state index is 11.5. The van der Waals surface area contributed by atoms with Crippen molar-refractivity contribution in [3.05, 3.63) is 24.2 Å². The lowest BCUT2D eigenvalue weighted by molar-refractivity contribution is -0.129. The van der Waals surface area contributed by atoms with E-state index in [1.54, 1.807) is 6.07 Å². The molecule has 0 saturated carbocycles. The molecule has 0 aromatic carbocycles. The van der Waals surface area contributed by atoms with Gasteiger partial charge in [-0.25, -0.2) is 0 Å². The lowest BCUT2D eigenvalue weighted by Gasteiger charge is -2.19. The van der Waals surface area contributed by atoms with Crippen LogP contribution in [0.25, 0.3) is 0 Å². The molecule has 0 aliphatic carbocycles. The van der Waals surface area contributed by atoms with Crippen molar-refractivity contribution in [3.8, 4) is 0 Å². The molecule has 0 radical (unpaired) electrons. The van der Waals surface area contributed by atoms with E-state index in [-0.39, 0.29) is 12.5 Å². The van der Waals surface area contributed by atoms with Crippen LogP contribution in [0.2, 0.25) is 0 Å². The van der Waals surface area contributed by atoms with E-state index in [0.29, 0.717) is 5.56 Å². The Labute approximate surface area is 89.3 Å². The highest BCUT2D eigenvalue weighted by atomic mass is 16.3. The van der Waals surface area contributed by atoms with Gasteiger partial charge in [0.2, 0.25) is 5.91 Å². The fraction of sp³-hybridized carbons (Fsp3) is 0.545. The molecule has 1 aromatic rings. The summed E-state index contributed by atoms with van der Waals surface area (Å²) >= 11 is 0. The van der Waals surface area contributed by atoms with E-state index < -0.39 is 11.5 Å². The molecule has 0 fully saturated rings. The SMILES string of the molecule is CC(C)(C)C(=O)NCC(O)c1ccoc1. The van der Waals surface area contributed by atoms with Crippen molar-refractivity contribution in [2.75, 3.05) is 6.54 Å². The number of amides is 1. The number of aliphatic hydroxyl groups excluding tert-OH is 1. The second-order valence-corrected chi connectivity index (χ2v) is 4.53. The zero-order chi connectivity index (χ0) is 11.5. The number of rotatable bonds is 3. The number of hydrogen-bond acceptors (Lipinski definition) is 3. The Kier molecular flexibility index (Phi) is 3.52. The van der Waals surface area contributed by atoms with Gasteiger partial charge >= 0.3 is 0 Å². The van der Waals surface area contributed by atoms with Crippen LogP contribution in [0.4, 0.5) is 0 Å². The van der Waals surface area contributed by atoms with E-state index >= 15 is 0 Å². The second-order valence-electron chi connectivity index (χ2n) is 4.53. The fourth-order valence-corrected chi connectivity index (χ4v) is 1.04. The molecule has 4 heteroatoms. The Morgan fingerprint density at radius 3 is 2.73 bits per heavy atom. The van der Waals surface area contributed by atoms with Crippen molar-refractivity contribution in [1.82, 2.24) is 5.32 Å². The molecule has 0 spiro atoms. The monoisotopic (exact) mass is 211 g/mol. The zero-order valence-electron chi connectivity index (χ0n) is 9.28. The van der Waals surface area contributed by atoms with E-state index in [4.69, 9.17) is 4.42 Å². The first-order valence-corrected chi connectivity index (χ1v) is 4.89. The molecule has 1 heterocycles. The zero-order valence-corrected chi connectivity index (χ0v) is 9.28. The first-order valence-electron chi connectivity index (χ1n) is 4.89. The van der Waals surface area contributed by atoms with Crippen LogP contribution in [-0.4, -0.2) is 17.6 Å². The lowest BCUT2D eigenvalue weighted by Crippen LogP contribution is -2.37. The average Bonchev–Trinajstić information content (AvgIpc) is 2.64. The van der Waals surface area contributed by atoms with Gasteiger partial charge in [-0.05, 0) is 6.07 Å². The average molecular weight is 211 g/mol. The molecule has 0 aliphatic heterocycles. The Balaban J connectivity index is 2.42. The molecular formula is C11H17NO3. The van der Waals surface area contributed by atoms with Gasteiger partial charge < -0.3 is 14.8 Å². The summed E-state index contributed by atoms with van der Waals surface area (Å²) in [6, 6.07) is 1.67. The van der Waals surface area contributed by atoms with E-state index in [1.165, 1.54) is 12.5 Å². The molecule has 1 aromatic heterocycles. The number of aliphatic hydroxyl groups is 1. The van der Waals surface area contributed by atoms with E-state index in [9.17, 15) is 9.90 Å². The van der Waals surface area contributed by atoms with Crippen molar-refractivity contribution in [2.45, 2.75) is 26.9 Å². The lowest BCUT2D eigenvalue weighted by atomic mass is 9.95. The third-order valence-electron chi connectivity index (χ3n) is 2.07. The van der Waals surface area contributed by atoms with Crippen LogP contribution in [0.15, 0.2) is 23.0 Å². The first-order chi connectivity index (χ1) is 6.91. The van der Waals surface area contributed by atoms with Gasteiger partial charge in [-0.15, -0.1) is 0 Å². The Morgan fingerprint density at radius 2 is 2.27 bits per heavy atom. The molecule has 2 N–H and O–H groups in total. The predicted octanol–water partition coefficient (Wildman–Crippen LogP) is 1.48. The topological polar surface area (TPSA) is 62.5 Å². The quantitative estimate of drug-likeness (QED) is 0.796. The highest BCUT2D eigenvalue weighted by Crippen LogP contribution is 2.15. The summed E-state index contributed by atoms with van der Waals surface area (Å²) in [4.78, 5) is 11.5. The molecule has 1 unspecified atom stereocenters. The molecule has 0 saturated heterocycles. The number of carbonyl (C=O) groups is 1. The largest absolute Gasteiger partial charge is 0.472 e. The van der Waals surface area contributed by atoms with E-state index in [1.807, 2.05) is 20.8 Å². The molecule has 1 rings (SSSR count). The third-order valence-corrected chi connectivity index (χ3v) is 2.07. The van der Waals surface area contributed by atoms with Crippen molar-refractivity contribution < 1.29 is 14.3 Å². The molecule has 1 amide bonds. The van der Waals surface area contributed by atoms with Gasteiger partial charge in [0.15, 0.2) is 0 Å². The predicted molar refractivity (Wildman–Crippen MR) is 56.1 cm³/mol. The molecular weight excluding hydrogens is 194 g/mol. The smallest absolute Gasteiger partial charge is 0.225 e. The molecule has 1 atom stereocenters. The summed E-state index contributed by atoms with van der Waals surface area (Å²) in [7, 11) is 0. The third kappa shape index (κ3) is 3.40. The molecule has 15 heavy (non-hydrogen) atoms. The van der Waals surface area contributed by atoms with Gasteiger partial charge in [-0.2, -0.15) is 0 Å². The van der Waals surface area contributed by atoms with E-state index in [2.05, 4.69) is 5.32 Å². The Morgan fingerprint density at radius 1 is 1.60 bits per heavy atom. The Bertz CT molecular complexity index is 311. The Hall–Kier alpha value is -1.29. The van der Waals surface area contributed by atoms with Gasteiger partial charge in [0.25, 0.3) is 0 Å². The molecule has 4 nitrogen and oxygen atoms in total. The maximum atomic E-state index is 11.5. The van der Waals surface area contributed by atoms with Crippen LogP contribution in [0, 0.1) is 5.41 Å². The summed E-state index contributed by atoms with van der Waals surface area (Å²) < 4.78 is 4.84. The highest BCUT2D eigenvalue weighted by molar-refractivity contribution is 5.81. The van der Waals surface area contributed by atoms with Crippen LogP contribution in [0.1, 0.15) is 32.4 Å². The van der Waals surface area contributed by atoms with E-state index in [0.717, 1.165) is 0 Å². The number of hydrogen-bond donors (Lipinski definition) is 2. The highest BCUT2D eigenvalue weighted by Gasteiger charge is 2.21. The van der Waals surface area contributed by atoms with Crippen LogP contribution in [0.5, 0.6) is 0 Å². The van der Waals surface area contributed by atoms with Crippen molar-refractivity contribution in [1.29, 1.82) is 0 Å². The van der Waals surface area contributed by atoms with Gasteiger partial charge in [-0.1, -0.05) is 20.8 Å². The number of nitrogens with one attached hydrogen (secondary N) is 1. The second kappa shape index (κ2) is 4.49. The van der Waals surface area contributed by atoms with Gasteiger partial charge in [0, 0.05) is 17.5 Å². The minimum absolute atomic E-state index is 0.0787. The van der Waals surface area contributed by atoms with Crippen molar-refractivity contribution in [3.63, 3.8) is 0 Å². The standard InChI is InChI=1S/C11H17NO3/c1-11(2,3)10(14)12-6-9(13)8-4-5-15-7-8/h4-5,7,9,13H,6H2,1-3H3,(H,12,14). The molecule has 0 bridgehead atoms. The van der Waals surface area contributed by atoms with Gasteiger partial charge in [0.1, 0.15) is 0 Å². The summed E-state index contributed by atoms with van der Waals surface area (Å²) in [6.07, 6.45) is 2.24. The van der Waals surface area contributed by atoms with Crippen LogP contribution in [0.3, 0.4) is 0 Å². The van der Waals surface area contributed by atoms with Gasteiger partial charge in [0.05, 0.1) is 18.6 Å². The summed E-state index contributed by atoms with van der Waals surface area (Å²) in [5, 5.41) is 12.3. The molecule has 0 aliphatic rings. The number of carbonyl (C=O) groups excluding carboxylic acids is 1. The number of furan rings is 1. The first kappa shape index (κ1) is 11.8. The molecule has 84 valence electrons.